The lowest BCUT2D eigenvalue weighted by atomic mass is 10.1. The molecule has 1 aromatic carbocycles. The van der Waals surface area contributed by atoms with E-state index >= 15 is 0 Å². The molecule has 4 nitrogen and oxygen atoms in total. The second-order valence-corrected chi connectivity index (χ2v) is 5.13. The summed E-state index contributed by atoms with van der Waals surface area (Å²) in [6.07, 6.45) is 0.893. The maximum atomic E-state index is 12.6. The molecule has 0 spiro atoms. The maximum Gasteiger partial charge on any atom is 0.254 e. The molecule has 1 aromatic rings. The number of rotatable bonds is 7. The largest absolute Gasteiger partial charge is 0.389 e. The van der Waals surface area contributed by atoms with Gasteiger partial charge in [0, 0.05) is 30.8 Å². The third-order valence-corrected chi connectivity index (χ3v) is 3.55. The molecular formula is C15H22N2O2S. The third-order valence-electron chi connectivity index (χ3n) is 3.31. The molecule has 0 aliphatic carbocycles. The molecule has 1 rings (SSSR count). The minimum atomic E-state index is -0.0190. The number of nitrogens with two attached hydrogens (primary N) is 1. The van der Waals surface area contributed by atoms with Gasteiger partial charge >= 0.3 is 0 Å². The highest BCUT2D eigenvalue weighted by Gasteiger charge is 2.20. The molecule has 1 amide bonds. The predicted octanol–water partition coefficient (Wildman–Crippen LogP) is 2.21. The quantitative estimate of drug-likeness (QED) is 0.783. The van der Waals surface area contributed by atoms with Gasteiger partial charge in [0.1, 0.15) is 4.99 Å². The van der Waals surface area contributed by atoms with E-state index in [0.29, 0.717) is 29.3 Å². The number of hydrogen-bond donors (Lipinski definition) is 1. The van der Waals surface area contributed by atoms with Gasteiger partial charge in [-0.1, -0.05) is 31.3 Å². The Morgan fingerprint density at radius 3 is 2.65 bits per heavy atom. The van der Waals surface area contributed by atoms with Crippen LogP contribution in [-0.2, 0) is 4.74 Å². The lowest BCUT2D eigenvalue weighted by Crippen LogP contribution is -2.40. The van der Waals surface area contributed by atoms with Crippen LogP contribution in [0.5, 0.6) is 0 Å². The summed E-state index contributed by atoms with van der Waals surface area (Å²) < 4.78 is 5.08. The van der Waals surface area contributed by atoms with Gasteiger partial charge in [0.15, 0.2) is 0 Å². The Balaban J connectivity index is 2.98. The fourth-order valence-corrected chi connectivity index (χ4v) is 2.03. The summed E-state index contributed by atoms with van der Waals surface area (Å²) in [5.74, 6) is -0.0190. The Kier molecular flexibility index (Phi) is 6.61. The van der Waals surface area contributed by atoms with E-state index in [2.05, 4.69) is 6.92 Å². The van der Waals surface area contributed by atoms with Crippen molar-refractivity contribution in [2.24, 2.45) is 5.73 Å². The van der Waals surface area contributed by atoms with Crippen LogP contribution < -0.4 is 5.73 Å². The number of benzene rings is 1. The van der Waals surface area contributed by atoms with Crippen LogP contribution in [0.2, 0.25) is 0 Å². The summed E-state index contributed by atoms with van der Waals surface area (Å²) in [5, 5.41) is 0. The molecule has 0 heterocycles. The number of thiocarbonyl (C=S) groups is 1. The summed E-state index contributed by atoms with van der Waals surface area (Å²) in [6, 6.07) is 7.29. The van der Waals surface area contributed by atoms with Crippen LogP contribution in [0, 0.1) is 0 Å². The number of amides is 1. The molecule has 20 heavy (non-hydrogen) atoms. The molecule has 0 aliphatic heterocycles. The van der Waals surface area contributed by atoms with Crippen molar-refractivity contribution in [3.63, 3.8) is 0 Å². The molecule has 0 bridgehead atoms. The number of hydrogen-bond acceptors (Lipinski definition) is 3. The van der Waals surface area contributed by atoms with Crippen molar-refractivity contribution < 1.29 is 9.53 Å². The molecule has 0 aliphatic rings. The summed E-state index contributed by atoms with van der Waals surface area (Å²) in [4.78, 5) is 14.7. The van der Waals surface area contributed by atoms with Gasteiger partial charge in [0.25, 0.3) is 5.91 Å². The minimum Gasteiger partial charge on any atom is -0.389 e. The number of methoxy groups -OCH3 is 1. The normalized spacial score (nSPS) is 11.9. The first-order valence-corrected chi connectivity index (χ1v) is 7.11. The fraction of sp³-hybridized carbons (Fsp3) is 0.467. The highest BCUT2D eigenvalue weighted by molar-refractivity contribution is 7.80. The molecular weight excluding hydrogens is 272 g/mol. The van der Waals surface area contributed by atoms with Crippen LogP contribution in [0.25, 0.3) is 0 Å². The van der Waals surface area contributed by atoms with Gasteiger partial charge < -0.3 is 15.4 Å². The zero-order valence-electron chi connectivity index (χ0n) is 12.3. The topological polar surface area (TPSA) is 55.6 Å². The standard InChI is InChI=1S/C15H22N2O2S/c1-4-11(2)17(8-9-19-3)15(18)13-7-5-6-12(10-13)14(16)20/h5-7,10-11H,4,8-9H2,1-3H3,(H2,16,20). The average molecular weight is 294 g/mol. The number of carbonyl (C=O) groups is 1. The van der Waals surface area contributed by atoms with Crippen LogP contribution in [0.3, 0.4) is 0 Å². The predicted molar refractivity (Wildman–Crippen MR) is 85.0 cm³/mol. The molecule has 1 unspecified atom stereocenters. The molecule has 0 saturated heterocycles. The first-order chi connectivity index (χ1) is 9.51. The van der Waals surface area contributed by atoms with Crippen LogP contribution in [-0.4, -0.2) is 42.1 Å². The van der Waals surface area contributed by atoms with E-state index in [1.54, 1.807) is 25.3 Å². The molecule has 0 aromatic heterocycles. The van der Waals surface area contributed by atoms with Crippen LogP contribution in [0.1, 0.15) is 36.2 Å². The molecule has 1 atom stereocenters. The van der Waals surface area contributed by atoms with Gasteiger partial charge in [-0.2, -0.15) is 0 Å². The Labute approximate surface area is 125 Å². The van der Waals surface area contributed by atoms with Gasteiger partial charge in [-0.25, -0.2) is 0 Å². The van der Waals surface area contributed by atoms with Crippen LogP contribution >= 0.6 is 12.2 Å². The summed E-state index contributed by atoms with van der Waals surface area (Å²) in [6.45, 7) is 5.18. The Morgan fingerprint density at radius 2 is 2.10 bits per heavy atom. The number of ether oxygens (including phenoxy) is 1. The van der Waals surface area contributed by atoms with Crippen molar-refractivity contribution in [2.45, 2.75) is 26.3 Å². The monoisotopic (exact) mass is 294 g/mol. The van der Waals surface area contributed by atoms with E-state index in [-0.39, 0.29) is 11.9 Å². The fourth-order valence-electron chi connectivity index (χ4n) is 1.90. The molecule has 2 N–H and O–H groups in total. The van der Waals surface area contributed by atoms with Crippen molar-refractivity contribution in [1.82, 2.24) is 4.90 Å². The van der Waals surface area contributed by atoms with Gasteiger partial charge in [-0.3, -0.25) is 4.79 Å². The van der Waals surface area contributed by atoms with Crippen LogP contribution in [0.15, 0.2) is 24.3 Å². The molecule has 110 valence electrons. The Hall–Kier alpha value is -1.46. The third kappa shape index (κ3) is 4.28. The second kappa shape index (κ2) is 7.97. The minimum absolute atomic E-state index is 0.0190. The van der Waals surface area contributed by atoms with E-state index in [4.69, 9.17) is 22.7 Å². The Bertz CT molecular complexity index is 477. The van der Waals surface area contributed by atoms with Gasteiger partial charge in [0.05, 0.1) is 6.61 Å². The number of carbonyl (C=O) groups excluding carboxylic acids is 1. The summed E-state index contributed by atoms with van der Waals surface area (Å²) >= 11 is 4.95. The smallest absolute Gasteiger partial charge is 0.254 e. The number of nitrogens with zero attached hydrogens (tertiary/aromatic N) is 1. The lowest BCUT2D eigenvalue weighted by Gasteiger charge is -2.28. The summed E-state index contributed by atoms with van der Waals surface area (Å²) in [7, 11) is 1.63. The van der Waals surface area contributed by atoms with E-state index in [0.717, 1.165) is 6.42 Å². The molecule has 0 radical (unpaired) electrons. The van der Waals surface area contributed by atoms with Crippen molar-refractivity contribution in [2.75, 3.05) is 20.3 Å². The maximum absolute atomic E-state index is 12.6. The van der Waals surface area contributed by atoms with Crippen molar-refractivity contribution in [3.05, 3.63) is 35.4 Å². The zero-order chi connectivity index (χ0) is 15.1. The first kappa shape index (κ1) is 16.6. The van der Waals surface area contributed by atoms with Crippen molar-refractivity contribution in [3.8, 4) is 0 Å². The SMILES string of the molecule is CCC(C)N(CCOC)C(=O)c1cccc(C(N)=S)c1. The van der Waals surface area contributed by atoms with Crippen molar-refractivity contribution >= 4 is 23.1 Å². The van der Waals surface area contributed by atoms with Gasteiger partial charge in [-0.05, 0) is 25.5 Å². The highest BCUT2D eigenvalue weighted by Crippen LogP contribution is 2.12. The molecule has 5 heteroatoms. The van der Waals surface area contributed by atoms with E-state index in [9.17, 15) is 4.79 Å². The first-order valence-electron chi connectivity index (χ1n) is 6.71. The molecule has 0 saturated carbocycles. The average Bonchev–Trinajstić information content (AvgIpc) is 2.47. The second-order valence-electron chi connectivity index (χ2n) is 4.69. The molecule has 0 fully saturated rings. The van der Waals surface area contributed by atoms with E-state index in [1.807, 2.05) is 17.9 Å². The Morgan fingerprint density at radius 1 is 1.45 bits per heavy atom. The van der Waals surface area contributed by atoms with E-state index in [1.165, 1.54) is 0 Å². The van der Waals surface area contributed by atoms with E-state index < -0.39 is 0 Å². The van der Waals surface area contributed by atoms with Gasteiger partial charge in [-0.15, -0.1) is 0 Å². The van der Waals surface area contributed by atoms with Crippen molar-refractivity contribution in [1.29, 1.82) is 0 Å². The summed E-state index contributed by atoms with van der Waals surface area (Å²) in [5.41, 5.74) is 6.92. The zero-order valence-corrected chi connectivity index (χ0v) is 13.1. The van der Waals surface area contributed by atoms with Gasteiger partial charge in [0.2, 0.25) is 0 Å². The lowest BCUT2D eigenvalue weighted by molar-refractivity contribution is 0.0614. The van der Waals surface area contributed by atoms with Crippen LogP contribution in [0.4, 0.5) is 0 Å². The highest BCUT2D eigenvalue weighted by atomic mass is 32.1.